The smallest absolute Gasteiger partial charge is 0.342 e. The molecule has 30 heavy (non-hydrogen) atoms. The molecule has 1 aliphatic rings. The number of nitrogens with two attached hydrogens (primary N) is 1. The van der Waals surface area contributed by atoms with Crippen LogP contribution in [0.3, 0.4) is 0 Å². The second-order valence-corrected chi connectivity index (χ2v) is 6.51. The number of anilines is 1. The Morgan fingerprint density at radius 3 is 2.20 bits per heavy atom. The van der Waals surface area contributed by atoms with E-state index < -0.39 is 35.6 Å². The van der Waals surface area contributed by atoms with Crippen molar-refractivity contribution in [1.82, 2.24) is 4.90 Å². The van der Waals surface area contributed by atoms with Crippen LogP contribution in [0.4, 0.5) is 5.88 Å². The fraction of sp³-hybridized carbons (Fsp3) is 0.250. The summed E-state index contributed by atoms with van der Waals surface area (Å²) in [6.45, 7) is 4.40. The van der Waals surface area contributed by atoms with Crippen LogP contribution in [0, 0.1) is 6.92 Å². The predicted octanol–water partition coefficient (Wildman–Crippen LogP) is 1.49. The molecule has 156 valence electrons. The fourth-order valence-electron chi connectivity index (χ4n) is 3.21. The summed E-state index contributed by atoms with van der Waals surface area (Å²) in [6.07, 6.45) is 0. The standard InChI is InChI=1S/C20H19N3O7/c1-4-29-20(28)13-10(3)30-17(14(13)15(21)24)22-16(25)9(2)23-18(26)11-7-5-6-8-12(11)19(23)27/h5-9H,4H2,1-3H3,(H2,21,24)(H,22,25). The molecule has 2 aromatic rings. The first-order valence-electron chi connectivity index (χ1n) is 9.07. The van der Waals surface area contributed by atoms with Gasteiger partial charge in [-0.1, -0.05) is 12.1 Å². The van der Waals surface area contributed by atoms with Crippen molar-refractivity contribution >= 4 is 35.5 Å². The largest absolute Gasteiger partial charge is 0.462 e. The van der Waals surface area contributed by atoms with Crippen molar-refractivity contribution in [3.8, 4) is 0 Å². The molecule has 0 spiro atoms. The summed E-state index contributed by atoms with van der Waals surface area (Å²) in [5, 5.41) is 2.33. The van der Waals surface area contributed by atoms with Crippen molar-refractivity contribution in [2.45, 2.75) is 26.8 Å². The van der Waals surface area contributed by atoms with E-state index in [0.29, 0.717) is 0 Å². The molecular formula is C20H19N3O7. The van der Waals surface area contributed by atoms with Crippen molar-refractivity contribution in [3.63, 3.8) is 0 Å². The van der Waals surface area contributed by atoms with Gasteiger partial charge < -0.3 is 14.9 Å². The number of fused-ring (bicyclic) bond motifs is 1. The number of hydrogen-bond donors (Lipinski definition) is 2. The monoisotopic (exact) mass is 413 g/mol. The van der Waals surface area contributed by atoms with E-state index >= 15 is 0 Å². The predicted molar refractivity (Wildman–Crippen MR) is 103 cm³/mol. The molecule has 0 saturated heterocycles. The quantitative estimate of drug-likeness (QED) is 0.538. The minimum atomic E-state index is -1.23. The lowest BCUT2D eigenvalue weighted by molar-refractivity contribution is -0.119. The molecule has 10 nitrogen and oxygen atoms in total. The van der Waals surface area contributed by atoms with Crippen LogP contribution in [0.15, 0.2) is 28.7 Å². The highest BCUT2D eigenvalue weighted by Crippen LogP contribution is 2.29. The third kappa shape index (κ3) is 3.32. The lowest BCUT2D eigenvalue weighted by atomic mass is 10.1. The first-order chi connectivity index (χ1) is 14.2. The van der Waals surface area contributed by atoms with Gasteiger partial charge in [-0.3, -0.25) is 29.4 Å². The summed E-state index contributed by atoms with van der Waals surface area (Å²) in [5.74, 6) is -4.23. The summed E-state index contributed by atoms with van der Waals surface area (Å²) in [5.41, 5.74) is 5.19. The number of benzene rings is 1. The zero-order valence-corrected chi connectivity index (χ0v) is 16.5. The van der Waals surface area contributed by atoms with Crippen molar-refractivity contribution in [2.24, 2.45) is 5.73 Å². The molecule has 1 atom stereocenters. The number of esters is 1. The maximum absolute atomic E-state index is 12.7. The summed E-state index contributed by atoms with van der Waals surface area (Å²) in [6, 6.07) is 4.98. The molecule has 0 aliphatic carbocycles. The van der Waals surface area contributed by atoms with Crippen molar-refractivity contribution in [1.29, 1.82) is 0 Å². The first kappa shape index (κ1) is 20.8. The number of primary amides is 1. The Bertz CT molecular complexity index is 1050. The van der Waals surface area contributed by atoms with Gasteiger partial charge in [-0.15, -0.1) is 0 Å². The molecule has 1 aromatic carbocycles. The Morgan fingerprint density at radius 2 is 1.70 bits per heavy atom. The summed E-state index contributed by atoms with van der Waals surface area (Å²) >= 11 is 0. The molecule has 1 unspecified atom stereocenters. The maximum atomic E-state index is 12.7. The molecule has 1 aromatic heterocycles. The van der Waals surface area contributed by atoms with E-state index in [1.54, 1.807) is 19.1 Å². The van der Waals surface area contributed by atoms with Crippen LogP contribution >= 0.6 is 0 Å². The average molecular weight is 413 g/mol. The minimum Gasteiger partial charge on any atom is -0.462 e. The molecule has 0 radical (unpaired) electrons. The van der Waals surface area contributed by atoms with Crippen LogP contribution in [0.5, 0.6) is 0 Å². The molecular weight excluding hydrogens is 394 g/mol. The number of aryl methyl sites for hydroxylation is 1. The van der Waals surface area contributed by atoms with Gasteiger partial charge in [0.1, 0.15) is 22.9 Å². The Kier molecular flexibility index (Phi) is 5.41. The highest BCUT2D eigenvalue weighted by atomic mass is 16.5. The van der Waals surface area contributed by atoms with Gasteiger partial charge in [-0.25, -0.2) is 4.79 Å². The summed E-state index contributed by atoms with van der Waals surface area (Å²) in [4.78, 5) is 62.7. The number of imide groups is 1. The van der Waals surface area contributed by atoms with Crippen LogP contribution in [0.2, 0.25) is 0 Å². The normalized spacial score (nSPS) is 13.8. The number of furan rings is 1. The van der Waals surface area contributed by atoms with E-state index in [1.165, 1.54) is 26.0 Å². The Morgan fingerprint density at radius 1 is 1.13 bits per heavy atom. The molecule has 0 fully saturated rings. The number of carbonyl (C=O) groups is 5. The third-order valence-corrected chi connectivity index (χ3v) is 4.64. The third-order valence-electron chi connectivity index (χ3n) is 4.64. The van der Waals surface area contributed by atoms with E-state index in [-0.39, 0.29) is 40.5 Å². The van der Waals surface area contributed by atoms with E-state index in [4.69, 9.17) is 14.9 Å². The molecule has 3 rings (SSSR count). The molecule has 2 heterocycles. The van der Waals surface area contributed by atoms with E-state index in [9.17, 15) is 24.0 Å². The molecule has 3 N–H and O–H groups in total. The molecule has 0 saturated carbocycles. The number of ether oxygens (including phenoxy) is 1. The minimum absolute atomic E-state index is 0.0194. The number of amides is 4. The molecule has 1 aliphatic heterocycles. The average Bonchev–Trinajstić information content (AvgIpc) is 3.15. The number of nitrogens with one attached hydrogen (secondary N) is 1. The maximum Gasteiger partial charge on any atom is 0.342 e. The van der Waals surface area contributed by atoms with Crippen LogP contribution < -0.4 is 11.1 Å². The Hall–Kier alpha value is -3.95. The van der Waals surface area contributed by atoms with Gasteiger partial charge in [0.25, 0.3) is 17.7 Å². The van der Waals surface area contributed by atoms with E-state index in [0.717, 1.165) is 4.90 Å². The van der Waals surface area contributed by atoms with Gasteiger partial charge in [0.05, 0.1) is 17.7 Å². The summed E-state index contributed by atoms with van der Waals surface area (Å²) < 4.78 is 10.2. The SMILES string of the molecule is CCOC(=O)c1c(C)oc(NC(=O)C(C)N2C(=O)c3ccccc3C2=O)c1C(N)=O. The van der Waals surface area contributed by atoms with Gasteiger partial charge in [0, 0.05) is 0 Å². The number of hydrogen-bond acceptors (Lipinski definition) is 7. The second kappa shape index (κ2) is 7.82. The van der Waals surface area contributed by atoms with E-state index in [1.807, 2.05) is 0 Å². The Labute approximate surface area is 170 Å². The number of rotatable bonds is 6. The second-order valence-electron chi connectivity index (χ2n) is 6.51. The van der Waals surface area contributed by atoms with Crippen LogP contribution in [0.25, 0.3) is 0 Å². The zero-order chi connectivity index (χ0) is 22.2. The molecule has 0 bridgehead atoms. The number of nitrogens with zero attached hydrogens (tertiary/aromatic N) is 1. The lowest BCUT2D eigenvalue weighted by Crippen LogP contribution is -2.45. The van der Waals surface area contributed by atoms with Gasteiger partial charge in [-0.2, -0.15) is 0 Å². The number of carbonyl (C=O) groups excluding carboxylic acids is 5. The topological polar surface area (TPSA) is 149 Å². The summed E-state index contributed by atoms with van der Waals surface area (Å²) in [7, 11) is 0. The highest BCUT2D eigenvalue weighted by Gasteiger charge is 2.41. The Balaban J connectivity index is 1.89. The molecule has 10 heteroatoms. The van der Waals surface area contributed by atoms with Crippen molar-refractivity contribution in [2.75, 3.05) is 11.9 Å². The lowest BCUT2D eigenvalue weighted by Gasteiger charge is -2.21. The molecule has 4 amide bonds. The van der Waals surface area contributed by atoms with Gasteiger partial charge in [0.2, 0.25) is 11.8 Å². The fourth-order valence-corrected chi connectivity index (χ4v) is 3.21. The van der Waals surface area contributed by atoms with Crippen LogP contribution in [-0.4, -0.2) is 47.1 Å². The van der Waals surface area contributed by atoms with Gasteiger partial charge in [-0.05, 0) is 32.9 Å². The highest BCUT2D eigenvalue weighted by molar-refractivity contribution is 6.23. The van der Waals surface area contributed by atoms with Crippen molar-refractivity contribution < 1.29 is 33.1 Å². The van der Waals surface area contributed by atoms with Gasteiger partial charge >= 0.3 is 5.97 Å². The van der Waals surface area contributed by atoms with Gasteiger partial charge in [0.15, 0.2) is 0 Å². The van der Waals surface area contributed by atoms with Crippen LogP contribution in [-0.2, 0) is 9.53 Å². The van der Waals surface area contributed by atoms with Crippen LogP contribution in [0.1, 0.15) is 61.0 Å². The zero-order valence-electron chi connectivity index (χ0n) is 16.5. The first-order valence-corrected chi connectivity index (χ1v) is 9.07. The van der Waals surface area contributed by atoms with E-state index in [2.05, 4.69) is 5.32 Å². The van der Waals surface area contributed by atoms with Crippen molar-refractivity contribution in [3.05, 3.63) is 52.3 Å².